The van der Waals surface area contributed by atoms with Gasteiger partial charge in [0.25, 0.3) is 0 Å². The highest BCUT2D eigenvalue weighted by atomic mass is 16.4. The molecule has 0 spiro atoms. The number of guanidine groups is 2. The Morgan fingerprint density at radius 1 is 0.703 bits per heavy atom. The lowest BCUT2D eigenvalue weighted by molar-refractivity contribution is -0.142. The van der Waals surface area contributed by atoms with Crippen molar-refractivity contribution >= 4 is 35.6 Å². The predicted molar refractivity (Wildman–Crippen MR) is 140 cm³/mol. The average molecular weight is 530 g/mol. The van der Waals surface area contributed by atoms with Crippen molar-refractivity contribution in [2.24, 2.45) is 44.4 Å². The molecule has 0 radical (unpaired) electrons. The Hall–Kier alpha value is -3.66. The van der Waals surface area contributed by atoms with Gasteiger partial charge >= 0.3 is 5.97 Å². The molecule has 212 valence electrons. The van der Waals surface area contributed by atoms with Gasteiger partial charge in [-0.3, -0.25) is 24.4 Å². The Kier molecular flexibility index (Phi) is 16.7. The molecular weight excluding hydrogens is 486 g/mol. The average Bonchev–Trinajstić information content (AvgIpc) is 2.81. The van der Waals surface area contributed by atoms with Crippen LogP contribution < -0.4 is 50.4 Å². The van der Waals surface area contributed by atoms with Crippen LogP contribution in [-0.4, -0.2) is 84.5 Å². The Morgan fingerprint density at radius 3 is 1.49 bits per heavy atom. The van der Waals surface area contributed by atoms with Gasteiger partial charge in [-0.1, -0.05) is 0 Å². The van der Waals surface area contributed by atoms with Crippen LogP contribution in [0.1, 0.15) is 51.9 Å². The fraction of sp³-hybridized carbons (Fsp3) is 0.714. The molecule has 0 heterocycles. The van der Waals surface area contributed by atoms with Crippen LogP contribution in [0.5, 0.6) is 0 Å². The van der Waals surface area contributed by atoms with E-state index in [0.717, 1.165) is 0 Å². The second-order valence-electron chi connectivity index (χ2n) is 8.49. The third-order valence-electron chi connectivity index (χ3n) is 5.13. The maximum Gasteiger partial charge on any atom is 0.326 e. The van der Waals surface area contributed by atoms with Gasteiger partial charge in [0.15, 0.2) is 11.9 Å². The number of hydrogen-bond acceptors (Lipinski definition) is 8. The Morgan fingerprint density at radius 2 is 1.11 bits per heavy atom. The molecule has 0 saturated carbocycles. The van der Waals surface area contributed by atoms with E-state index in [1.54, 1.807) is 0 Å². The third-order valence-corrected chi connectivity index (χ3v) is 5.13. The monoisotopic (exact) mass is 529 g/mol. The number of carboxylic acid groups (broad SMARTS) is 1. The molecular formula is C21H43N11O5. The first-order valence-corrected chi connectivity index (χ1v) is 12.1. The molecule has 0 fully saturated rings. The van der Waals surface area contributed by atoms with E-state index in [-0.39, 0.29) is 44.3 Å². The van der Waals surface area contributed by atoms with E-state index in [0.29, 0.717) is 32.2 Å². The van der Waals surface area contributed by atoms with Crippen molar-refractivity contribution < 1.29 is 24.3 Å². The molecule has 3 amide bonds. The number of amides is 3. The number of nitrogens with two attached hydrogens (primary N) is 6. The van der Waals surface area contributed by atoms with Crippen molar-refractivity contribution in [3.63, 3.8) is 0 Å². The van der Waals surface area contributed by atoms with E-state index < -0.39 is 47.9 Å². The Bertz CT molecular complexity index is 796. The second-order valence-corrected chi connectivity index (χ2v) is 8.49. The van der Waals surface area contributed by atoms with Gasteiger partial charge in [0, 0.05) is 13.1 Å². The topological polar surface area (TPSA) is 305 Å². The molecule has 4 unspecified atom stereocenters. The molecule has 0 aliphatic carbocycles. The zero-order valence-corrected chi connectivity index (χ0v) is 21.3. The molecule has 0 saturated heterocycles. The summed E-state index contributed by atoms with van der Waals surface area (Å²) in [6.07, 6.45) is 2.17. The lowest BCUT2D eigenvalue weighted by atomic mass is 10.1. The lowest BCUT2D eigenvalue weighted by Crippen LogP contribution is -2.56. The number of carbonyl (C=O) groups is 4. The van der Waals surface area contributed by atoms with E-state index in [1.165, 1.54) is 6.92 Å². The van der Waals surface area contributed by atoms with E-state index in [9.17, 15) is 24.3 Å². The number of rotatable bonds is 19. The molecule has 0 rings (SSSR count). The van der Waals surface area contributed by atoms with Crippen LogP contribution in [0.3, 0.4) is 0 Å². The van der Waals surface area contributed by atoms with Crippen molar-refractivity contribution in [1.82, 2.24) is 16.0 Å². The van der Waals surface area contributed by atoms with Crippen LogP contribution in [0.25, 0.3) is 0 Å². The maximum atomic E-state index is 13.1. The number of nitrogens with one attached hydrogen (secondary N) is 3. The maximum absolute atomic E-state index is 13.1. The largest absolute Gasteiger partial charge is 0.480 e. The van der Waals surface area contributed by atoms with Gasteiger partial charge in [0.1, 0.15) is 18.1 Å². The number of carbonyl (C=O) groups excluding carboxylic acids is 3. The Balaban J connectivity index is 5.59. The van der Waals surface area contributed by atoms with Crippen LogP contribution in [0, 0.1) is 0 Å². The SMILES string of the molecule is CC(N)C(=O)NC(CCCN=C(N)N)C(=O)NC(CCCN=C(N)N)C(=O)NC(CCCCN)C(=O)O. The second kappa shape index (κ2) is 18.6. The minimum Gasteiger partial charge on any atom is -0.480 e. The van der Waals surface area contributed by atoms with E-state index in [4.69, 9.17) is 34.4 Å². The summed E-state index contributed by atoms with van der Waals surface area (Å²) >= 11 is 0. The highest BCUT2D eigenvalue weighted by molar-refractivity contribution is 5.94. The molecule has 16 nitrogen and oxygen atoms in total. The molecule has 0 aromatic carbocycles. The number of unbranched alkanes of at least 4 members (excludes halogenated alkanes) is 1. The van der Waals surface area contributed by atoms with Gasteiger partial charge in [-0.05, 0) is 58.4 Å². The summed E-state index contributed by atoms with van der Waals surface area (Å²) in [7, 11) is 0. The molecule has 0 aliphatic heterocycles. The Labute approximate surface area is 216 Å². The summed E-state index contributed by atoms with van der Waals surface area (Å²) in [5, 5.41) is 17.1. The van der Waals surface area contributed by atoms with Crippen LogP contribution in [0.2, 0.25) is 0 Å². The van der Waals surface area contributed by atoms with Crippen LogP contribution in [0.4, 0.5) is 0 Å². The summed E-state index contributed by atoms with van der Waals surface area (Å²) in [5.41, 5.74) is 32.3. The first-order valence-electron chi connectivity index (χ1n) is 12.1. The predicted octanol–water partition coefficient (Wildman–Crippen LogP) is -3.89. The molecule has 37 heavy (non-hydrogen) atoms. The normalized spacial score (nSPS) is 13.8. The van der Waals surface area contributed by atoms with Gasteiger partial charge < -0.3 is 55.5 Å². The number of carboxylic acids is 1. The number of aliphatic imine (C=N–C) groups is 2. The van der Waals surface area contributed by atoms with Crippen LogP contribution in [-0.2, 0) is 19.2 Å². The van der Waals surface area contributed by atoms with Crippen molar-refractivity contribution in [2.45, 2.75) is 76.0 Å². The van der Waals surface area contributed by atoms with Crippen LogP contribution >= 0.6 is 0 Å². The smallest absolute Gasteiger partial charge is 0.326 e. The number of nitrogens with zero attached hydrogens (tertiary/aromatic N) is 2. The summed E-state index contributed by atoms with van der Waals surface area (Å²) in [5.74, 6) is -3.38. The van der Waals surface area contributed by atoms with Gasteiger partial charge in [-0.25, -0.2) is 4.79 Å². The number of aliphatic carboxylic acids is 1. The first-order chi connectivity index (χ1) is 17.4. The van der Waals surface area contributed by atoms with Crippen molar-refractivity contribution in [2.75, 3.05) is 19.6 Å². The summed E-state index contributed by atoms with van der Waals surface area (Å²) in [6.45, 7) is 2.25. The van der Waals surface area contributed by atoms with E-state index in [2.05, 4.69) is 25.9 Å². The number of hydrogen-bond donors (Lipinski definition) is 10. The van der Waals surface area contributed by atoms with E-state index >= 15 is 0 Å². The fourth-order valence-corrected chi connectivity index (χ4v) is 3.14. The zero-order valence-electron chi connectivity index (χ0n) is 21.3. The van der Waals surface area contributed by atoms with Crippen molar-refractivity contribution in [3.8, 4) is 0 Å². The summed E-state index contributed by atoms with van der Waals surface area (Å²) in [4.78, 5) is 57.6. The first kappa shape index (κ1) is 33.3. The lowest BCUT2D eigenvalue weighted by Gasteiger charge is -2.25. The molecule has 0 aromatic heterocycles. The quantitative estimate of drug-likeness (QED) is 0.0438. The van der Waals surface area contributed by atoms with E-state index in [1.807, 2.05) is 0 Å². The van der Waals surface area contributed by atoms with Gasteiger partial charge in [0.2, 0.25) is 17.7 Å². The molecule has 0 aromatic rings. The molecule has 4 atom stereocenters. The summed E-state index contributed by atoms with van der Waals surface area (Å²) < 4.78 is 0. The minimum absolute atomic E-state index is 0.103. The van der Waals surface area contributed by atoms with Gasteiger partial charge in [0.05, 0.1) is 6.04 Å². The molecule has 16 heteroatoms. The molecule has 0 aliphatic rings. The molecule has 0 bridgehead atoms. The minimum atomic E-state index is -1.21. The van der Waals surface area contributed by atoms with Crippen molar-refractivity contribution in [1.29, 1.82) is 0 Å². The standard InChI is InChI=1S/C21H43N11O5/c1-12(23)16(33)30-13(7-4-10-28-20(24)25)17(34)31-14(8-5-11-29-21(26)27)18(35)32-15(19(36)37)6-2-3-9-22/h12-15H,2-11,22-23H2,1H3,(H,30,33)(H,31,34)(H,32,35)(H,36,37)(H4,24,25,28)(H4,26,27,29). The highest BCUT2D eigenvalue weighted by Crippen LogP contribution is 2.06. The van der Waals surface area contributed by atoms with Crippen molar-refractivity contribution in [3.05, 3.63) is 0 Å². The van der Waals surface area contributed by atoms with Gasteiger partial charge in [-0.2, -0.15) is 0 Å². The fourth-order valence-electron chi connectivity index (χ4n) is 3.14. The third kappa shape index (κ3) is 15.8. The summed E-state index contributed by atoms with van der Waals surface area (Å²) in [6, 6.07) is -4.20. The highest BCUT2D eigenvalue weighted by Gasteiger charge is 2.29. The van der Waals surface area contributed by atoms with Gasteiger partial charge in [-0.15, -0.1) is 0 Å². The molecule has 16 N–H and O–H groups in total. The van der Waals surface area contributed by atoms with Crippen LogP contribution in [0.15, 0.2) is 9.98 Å². The zero-order chi connectivity index (χ0) is 28.4.